The Labute approximate surface area is 304 Å². The van der Waals surface area contributed by atoms with Crippen LogP contribution >= 0.6 is 0 Å². The number of hydrogen-bond acceptors (Lipinski definition) is 1. The summed E-state index contributed by atoms with van der Waals surface area (Å²) in [6.07, 6.45) is 0. The van der Waals surface area contributed by atoms with Crippen molar-refractivity contribution >= 4 is 62.2 Å². The summed E-state index contributed by atoms with van der Waals surface area (Å²) in [6.45, 7) is 4.72. The van der Waals surface area contributed by atoms with Crippen LogP contribution in [0.4, 0.5) is 11.4 Å². The van der Waals surface area contributed by atoms with Crippen molar-refractivity contribution in [2.45, 2.75) is 19.3 Å². The van der Waals surface area contributed by atoms with Gasteiger partial charge in [-0.3, -0.25) is 0 Å². The molecular weight excluding hydrogens is 627 g/mol. The van der Waals surface area contributed by atoms with Gasteiger partial charge in [0.05, 0.1) is 5.52 Å². The minimum atomic E-state index is -0.0453. The highest BCUT2D eigenvalue weighted by atomic mass is 15.0. The van der Waals surface area contributed by atoms with E-state index in [1.807, 2.05) is 0 Å². The van der Waals surface area contributed by atoms with Crippen LogP contribution in [0.15, 0.2) is 164 Å². The fraction of sp³-hybridized carbons (Fsp3) is 0.0612. The minimum absolute atomic E-state index is 0.0453. The summed E-state index contributed by atoms with van der Waals surface area (Å²) in [6, 6.07) is 60.7. The smallest absolute Gasteiger partial charge is 0.198 e. The Balaban J connectivity index is 1.28. The van der Waals surface area contributed by atoms with Gasteiger partial charge in [-0.2, -0.15) is 0 Å². The van der Waals surface area contributed by atoms with Crippen LogP contribution in [0.3, 0.4) is 0 Å². The van der Waals surface area contributed by atoms with Gasteiger partial charge in [0.25, 0.3) is 0 Å². The van der Waals surface area contributed by atoms with E-state index in [4.69, 9.17) is 0 Å². The fourth-order valence-corrected chi connectivity index (χ4v) is 9.32. The maximum Gasteiger partial charge on any atom is 0.198 e. The minimum Gasteiger partial charge on any atom is -0.355 e. The summed E-state index contributed by atoms with van der Waals surface area (Å²) < 4.78 is 2.57. The van der Waals surface area contributed by atoms with Gasteiger partial charge in [-0.05, 0) is 104 Å². The Morgan fingerprint density at radius 1 is 0.538 bits per heavy atom. The topological polar surface area (TPSA) is 17.0 Å². The van der Waals surface area contributed by atoms with Crippen LogP contribution in [0.5, 0.6) is 0 Å². The van der Waals surface area contributed by atoms with Crippen molar-refractivity contribution in [1.82, 2.24) is 4.57 Å². The van der Waals surface area contributed by atoms with Gasteiger partial charge in [-0.25, -0.2) is 0 Å². The molecule has 0 radical (unpaired) electrons. The molecule has 0 spiro atoms. The molecule has 0 saturated heterocycles. The van der Waals surface area contributed by atoms with Crippen LogP contribution < -0.4 is 16.2 Å². The summed E-state index contributed by atoms with van der Waals surface area (Å²) in [5.41, 5.74) is 19.2. The number of rotatable bonds is 4. The highest BCUT2D eigenvalue weighted by Gasteiger charge is 2.36. The van der Waals surface area contributed by atoms with E-state index in [2.05, 4.69) is 188 Å². The molecule has 2 aliphatic rings. The second-order valence-electron chi connectivity index (χ2n) is 15.0. The Morgan fingerprint density at radius 2 is 1.23 bits per heavy atom. The molecule has 1 aromatic heterocycles. The lowest BCUT2D eigenvalue weighted by Crippen LogP contribution is -2.37. The quantitative estimate of drug-likeness (QED) is 0.186. The number of aromatic nitrogens is 1. The van der Waals surface area contributed by atoms with E-state index in [0.717, 1.165) is 18.7 Å². The first kappa shape index (κ1) is 29.4. The van der Waals surface area contributed by atoms with Gasteiger partial charge in [-0.15, -0.1) is 0 Å². The molecule has 244 valence electrons. The number of fused-ring (bicyclic) bond motifs is 9. The Kier molecular flexibility index (Phi) is 6.13. The molecular formula is C49H35BN2. The predicted molar refractivity (Wildman–Crippen MR) is 223 cm³/mol. The Morgan fingerprint density at radius 3 is 2.10 bits per heavy atom. The van der Waals surface area contributed by atoms with Gasteiger partial charge < -0.3 is 9.88 Å². The van der Waals surface area contributed by atoms with Crippen LogP contribution in [0, 0.1) is 0 Å². The first-order valence-electron chi connectivity index (χ1n) is 18.3. The van der Waals surface area contributed by atoms with Crippen LogP contribution in [0.25, 0.3) is 71.6 Å². The van der Waals surface area contributed by atoms with E-state index in [1.165, 1.54) is 93.7 Å². The van der Waals surface area contributed by atoms with Crippen molar-refractivity contribution in [2.24, 2.45) is 0 Å². The summed E-state index contributed by atoms with van der Waals surface area (Å²) in [5.74, 6) is 0. The highest BCUT2D eigenvalue weighted by Crippen LogP contribution is 2.51. The highest BCUT2D eigenvalue weighted by molar-refractivity contribution is 6.73. The fourth-order valence-electron chi connectivity index (χ4n) is 9.32. The zero-order valence-electron chi connectivity index (χ0n) is 29.2. The monoisotopic (exact) mass is 662 g/mol. The molecule has 11 rings (SSSR count). The summed E-state index contributed by atoms with van der Waals surface area (Å²) in [5, 5.41) is 8.92. The van der Waals surface area contributed by atoms with Crippen molar-refractivity contribution in [2.75, 3.05) is 5.32 Å². The predicted octanol–water partition coefficient (Wildman–Crippen LogP) is 11.0. The molecule has 0 amide bonds. The van der Waals surface area contributed by atoms with Crippen molar-refractivity contribution in [1.29, 1.82) is 0 Å². The molecule has 1 aliphatic carbocycles. The zero-order valence-corrected chi connectivity index (χ0v) is 29.2. The Hall–Kier alpha value is -6.32. The van der Waals surface area contributed by atoms with Gasteiger partial charge in [0.15, 0.2) is 7.28 Å². The third kappa shape index (κ3) is 4.14. The first-order chi connectivity index (χ1) is 25.5. The molecule has 52 heavy (non-hydrogen) atoms. The molecule has 3 heteroatoms. The first-order valence-corrected chi connectivity index (χ1v) is 18.3. The lowest BCUT2D eigenvalue weighted by atomic mass is 9.58. The van der Waals surface area contributed by atoms with E-state index in [9.17, 15) is 0 Å². The molecule has 1 N–H and O–H groups in total. The second kappa shape index (κ2) is 10.8. The zero-order chi connectivity index (χ0) is 34.6. The maximum atomic E-state index is 3.78. The average molecular weight is 663 g/mol. The molecule has 8 aromatic carbocycles. The molecule has 0 unspecified atom stereocenters. The van der Waals surface area contributed by atoms with Gasteiger partial charge >= 0.3 is 0 Å². The number of para-hydroxylation sites is 3. The van der Waals surface area contributed by atoms with Crippen LogP contribution in [-0.2, 0) is 5.41 Å². The van der Waals surface area contributed by atoms with Crippen molar-refractivity contribution < 1.29 is 0 Å². The molecule has 9 aromatic rings. The Bertz CT molecular complexity index is 2930. The normalized spacial score (nSPS) is 13.5. The van der Waals surface area contributed by atoms with E-state index >= 15 is 0 Å². The van der Waals surface area contributed by atoms with Crippen LogP contribution in [-0.4, -0.2) is 11.8 Å². The van der Waals surface area contributed by atoms with Gasteiger partial charge in [0, 0.05) is 44.3 Å². The van der Waals surface area contributed by atoms with E-state index in [-0.39, 0.29) is 5.41 Å². The van der Waals surface area contributed by atoms with Gasteiger partial charge in [0.2, 0.25) is 0 Å². The number of hydrogen-bond donors (Lipinski definition) is 1. The third-order valence-electron chi connectivity index (χ3n) is 11.8. The molecule has 2 nitrogen and oxygen atoms in total. The van der Waals surface area contributed by atoms with Crippen LogP contribution in [0.2, 0.25) is 0 Å². The van der Waals surface area contributed by atoms with Crippen molar-refractivity contribution in [3.63, 3.8) is 0 Å². The van der Waals surface area contributed by atoms with Gasteiger partial charge in [0.1, 0.15) is 0 Å². The second-order valence-corrected chi connectivity index (χ2v) is 15.0. The standard InChI is InChI=1S/C49H35BN2/c1-49(2)40-20-10-8-18-34(40)37-27-32(24-25-41(37)49)36-29-38(35-19-9-12-22-43(35)51-33-16-4-3-5-17-33)47-48-46(36)39-26-30-14-6-7-15-31(30)28-45(39)52(48)44-23-13-11-21-42(44)50-47/h3-29,50-51H,1-2H3. The summed E-state index contributed by atoms with van der Waals surface area (Å²) >= 11 is 0. The molecule has 0 atom stereocenters. The third-order valence-corrected chi connectivity index (χ3v) is 11.8. The van der Waals surface area contributed by atoms with Crippen molar-refractivity contribution in [3.8, 4) is 39.1 Å². The number of nitrogens with zero attached hydrogens (tertiary/aromatic N) is 1. The van der Waals surface area contributed by atoms with E-state index in [1.54, 1.807) is 0 Å². The molecule has 0 saturated carbocycles. The van der Waals surface area contributed by atoms with E-state index in [0.29, 0.717) is 0 Å². The molecule has 0 fully saturated rings. The SMILES string of the molecule is CC1(C)c2ccccc2-c2cc(-c3cc(-c4ccccc4Nc4ccccc4)c4c5c3c3cc6ccccc6cc3n5-c3ccccc3B4)ccc21. The molecule has 0 bridgehead atoms. The van der Waals surface area contributed by atoms with Crippen LogP contribution in [0.1, 0.15) is 25.0 Å². The number of anilines is 2. The lowest BCUT2D eigenvalue weighted by Gasteiger charge is -2.25. The number of benzene rings is 8. The maximum absolute atomic E-state index is 3.78. The largest absolute Gasteiger partial charge is 0.355 e. The van der Waals surface area contributed by atoms with E-state index < -0.39 is 0 Å². The molecule has 1 aliphatic heterocycles. The summed E-state index contributed by atoms with van der Waals surface area (Å²) in [4.78, 5) is 0. The average Bonchev–Trinajstić information content (AvgIpc) is 3.64. The number of nitrogens with one attached hydrogen (secondary N) is 1. The van der Waals surface area contributed by atoms with Gasteiger partial charge in [-0.1, -0.05) is 135 Å². The lowest BCUT2D eigenvalue weighted by molar-refractivity contribution is 0.660. The molecule has 2 heterocycles. The summed E-state index contributed by atoms with van der Waals surface area (Å²) in [7, 11) is 0.865. The van der Waals surface area contributed by atoms with Crippen molar-refractivity contribution in [3.05, 3.63) is 175 Å².